The molecule has 0 bridgehead atoms. The second kappa shape index (κ2) is 7.99. The standard InChI is InChI=1S/C22H22ClNO2S2/c23-18-7-5-16(6-8-18)21(10-1-2-11-21)20(25)24-15-22(26,17-9-13-27-14-17)19-4-3-12-28-19/h3-9,12-14,26H,1-2,10-11,15H2,(H,24,25). The highest BCUT2D eigenvalue weighted by Crippen LogP contribution is 2.42. The van der Waals surface area contributed by atoms with Gasteiger partial charge in [-0.3, -0.25) is 4.79 Å². The summed E-state index contributed by atoms with van der Waals surface area (Å²) in [4.78, 5) is 14.2. The van der Waals surface area contributed by atoms with Gasteiger partial charge in [-0.25, -0.2) is 0 Å². The molecule has 1 aliphatic rings. The molecule has 2 N–H and O–H groups in total. The Balaban J connectivity index is 1.60. The number of aliphatic hydroxyl groups is 1. The van der Waals surface area contributed by atoms with Crippen LogP contribution in [0.5, 0.6) is 0 Å². The van der Waals surface area contributed by atoms with Crippen LogP contribution in [-0.4, -0.2) is 17.6 Å². The lowest BCUT2D eigenvalue weighted by Crippen LogP contribution is -2.48. The molecular weight excluding hydrogens is 410 g/mol. The van der Waals surface area contributed by atoms with Crippen LogP contribution in [0.15, 0.2) is 58.6 Å². The van der Waals surface area contributed by atoms with Crippen molar-refractivity contribution >= 4 is 40.2 Å². The quantitative estimate of drug-likeness (QED) is 0.554. The van der Waals surface area contributed by atoms with E-state index in [9.17, 15) is 9.90 Å². The molecule has 2 heterocycles. The van der Waals surface area contributed by atoms with Gasteiger partial charge in [0.05, 0.1) is 12.0 Å². The third kappa shape index (κ3) is 3.52. The van der Waals surface area contributed by atoms with Gasteiger partial charge in [-0.05, 0) is 58.8 Å². The minimum Gasteiger partial charge on any atom is -0.378 e. The van der Waals surface area contributed by atoms with Crippen LogP contribution in [0.25, 0.3) is 0 Å². The second-order valence-electron chi connectivity index (χ2n) is 7.33. The summed E-state index contributed by atoms with van der Waals surface area (Å²) in [5.74, 6) is -0.0162. The fourth-order valence-electron chi connectivity index (χ4n) is 4.12. The van der Waals surface area contributed by atoms with E-state index in [1.54, 1.807) is 11.3 Å². The van der Waals surface area contributed by atoms with Gasteiger partial charge in [0.2, 0.25) is 5.91 Å². The molecule has 3 aromatic rings. The SMILES string of the molecule is O=C(NCC(O)(c1ccsc1)c1cccs1)C1(c2ccc(Cl)cc2)CCCC1. The number of benzene rings is 1. The van der Waals surface area contributed by atoms with Crippen LogP contribution in [0.1, 0.15) is 41.7 Å². The van der Waals surface area contributed by atoms with Crippen molar-refractivity contribution in [1.82, 2.24) is 5.32 Å². The first kappa shape index (κ1) is 19.6. The first-order valence-corrected chi connectivity index (χ1v) is 11.6. The molecule has 1 amide bonds. The third-order valence-electron chi connectivity index (χ3n) is 5.72. The Kier molecular flexibility index (Phi) is 5.61. The second-order valence-corrected chi connectivity index (χ2v) is 9.49. The van der Waals surface area contributed by atoms with E-state index >= 15 is 0 Å². The average molecular weight is 432 g/mol. The molecule has 2 aromatic heterocycles. The molecular formula is C22H22ClNO2S2. The van der Waals surface area contributed by atoms with E-state index in [1.807, 2.05) is 58.6 Å². The largest absolute Gasteiger partial charge is 0.378 e. The highest BCUT2D eigenvalue weighted by atomic mass is 35.5. The summed E-state index contributed by atoms with van der Waals surface area (Å²) in [6, 6.07) is 13.4. The zero-order valence-electron chi connectivity index (χ0n) is 15.4. The molecule has 28 heavy (non-hydrogen) atoms. The lowest BCUT2D eigenvalue weighted by Gasteiger charge is -2.32. The van der Waals surface area contributed by atoms with Crippen LogP contribution in [0, 0.1) is 0 Å². The van der Waals surface area contributed by atoms with E-state index < -0.39 is 11.0 Å². The van der Waals surface area contributed by atoms with Gasteiger partial charge in [0.25, 0.3) is 0 Å². The van der Waals surface area contributed by atoms with Gasteiger partial charge in [0.15, 0.2) is 0 Å². The molecule has 6 heteroatoms. The van der Waals surface area contributed by atoms with Crippen molar-refractivity contribution in [1.29, 1.82) is 0 Å². The number of hydrogen-bond acceptors (Lipinski definition) is 4. The number of halogens is 1. The van der Waals surface area contributed by atoms with E-state index in [2.05, 4.69) is 5.32 Å². The number of hydrogen-bond donors (Lipinski definition) is 2. The minimum atomic E-state index is -1.22. The Bertz CT molecular complexity index is 880. The maximum absolute atomic E-state index is 13.4. The van der Waals surface area contributed by atoms with Gasteiger partial charge in [-0.1, -0.05) is 42.6 Å². The lowest BCUT2D eigenvalue weighted by atomic mass is 9.77. The van der Waals surface area contributed by atoms with Gasteiger partial charge in [0, 0.05) is 15.5 Å². The first-order chi connectivity index (χ1) is 13.5. The van der Waals surface area contributed by atoms with E-state index in [1.165, 1.54) is 11.3 Å². The van der Waals surface area contributed by atoms with Gasteiger partial charge in [0.1, 0.15) is 5.60 Å². The van der Waals surface area contributed by atoms with Crippen molar-refractivity contribution in [2.45, 2.75) is 36.7 Å². The van der Waals surface area contributed by atoms with E-state index in [4.69, 9.17) is 11.6 Å². The number of carbonyl (C=O) groups excluding carboxylic acids is 1. The molecule has 1 unspecified atom stereocenters. The van der Waals surface area contributed by atoms with Crippen molar-refractivity contribution in [3.63, 3.8) is 0 Å². The zero-order valence-corrected chi connectivity index (χ0v) is 17.7. The number of amides is 1. The molecule has 3 nitrogen and oxygen atoms in total. The van der Waals surface area contributed by atoms with Crippen LogP contribution in [0.4, 0.5) is 0 Å². The molecule has 1 fully saturated rings. The van der Waals surface area contributed by atoms with E-state index in [0.717, 1.165) is 41.7 Å². The maximum Gasteiger partial charge on any atom is 0.230 e. The highest BCUT2D eigenvalue weighted by molar-refractivity contribution is 7.10. The predicted octanol–water partition coefficient (Wildman–Crippen LogP) is 5.33. The number of thiophene rings is 2. The van der Waals surface area contributed by atoms with Crippen molar-refractivity contribution in [2.75, 3.05) is 6.54 Å². The normalized spacial score (nSPS) is 17.9. The molecule has 1 aliphatic carbocycles. The highest BCUT2D eigenvalue weighted by Gasteiger charge is 2.44. The number of carbonyl (C=O) groups is 1. The third-order valence-corrected chi connectivity index (χ3v) is 7.68. The van der Waals surface area contributed by atoms with Crippen molar-refractivity contribution in [2.24, 2.45) is 0 Å². The zero-order chi connectivity index (χ0) is 19.6. The Morgan fingerprint density at radius 2 is 1.89 bits per heavy atom. The fourth-order valence-corrected chi connectivity index (χ4v) is 5.81. The summed E-state index contributed by atoms with van der Waals surface area (Å²) in [5.41, 5.74) is 0.0495. The van der Waals surface area contributed by atoms with Gasteiger partial charge in [-0.15, -0.1) is 11.3 Å². The molecule has 4 rings (SSSR count). The van der Waals surface area contributed by atoms with Crippen molar-refractivity contribution < 1.29 is 9.90 Å². The topological polar surface area (TPSA) is 49.3 Å². The van der Waals surface area contributed by atoms with Crippen LogP contribution in [0.2, 0.25) is 5.02 Å². The van der Waals surface area contributed by atoms with Gasteiger partial charge in [-0.2, -0.15) is 11.3 Å². The summed E-state index contributed by atoms with van der Waals surface area (Å²) in [7, 11) is 0. The summed E-state index contributed by atoms with van der Waals surface area (Å²) in [6.45, 7) is 0.151. The van der Waals surface area contributed by atoms with E-state index in [-0.39, 0.29) is 12.5 Å². The Labute approximate surface area is 178 Å². The summed E-state index contributed by atoms with van der Waals surface area (Å²) in [6.07, 6.45) is 3.68. The minimum absolute atomic E-state index is 0.0162. The van der Waals surface area contributed by atoms with Crippen LogP contribution in [-0.2, 0) is 15.8 Å². The van der Waals surface area contributed by atoms with Crippen LogP contribution < -0.4 is 5.32 Å². The molecule has 0 aliphatic heterocycles. The van der Waals surface area contributed by atoms with Crippen LogP contribution in [0.3, 0.4) is 0 Å². The molecule has 146 valence electrons. The maximum atomic E-state index is 13.4. The van der Waals surface area contributed by atoms with Gasteiger partial charge < -0.3 is 10.4 Å². The Morgan fingerprint density at radius 1 is 1.14 bits per heavy atom. The Morgan fingerprint density at radius 3 is 2.50 bits per heavy atom. The lowest BCUT2D eigenvalue weighted by molar-refractivity contribution is -0.127. The molecule has 0 spiro atoms. The number of nitrogens with one attached hydrogen (secondary N) is 1. The molecule has 0 saturated heterocycles. The van der Waals surface area contributed by atoms with Gasteiger partial charge >= 0.3 is 0 Å². The first-order valence-electron chi connectivity index (χ1n) is 9.38. The number of rotatable bonds is 6. The van der Waals surface area contributed by atoms with Crippen molar-refractivity contribution in [3.8, 4) is 0 Å². The molecule has 1 aromatic carbocycles. The van der Waals surface area contributed by atoms with Crippen LogP contribution >= 0.6 is 34.3 Å². The van der Waals surface area contributed by atoms with Crippen molar-refractivity contribution in [3.05, 3.63) is 79.6 Å². The molecule has 1 saturated carbocycles. The summed E-state index contributed by atoms with van der Waals surface area (Å²) in [5, 5.41) is 21.1. The average Bonchev–Trinajstić information content (AvgIpc) is 3.48. The fraction of sp³-hybridized carbons (Fsp3) is 0.318. The van der Waals surface area contributed by atoms with E-state index in [0.29, 0.717) is 5.02 Å². The summed E-state index contributed by atoms with van der Waals surface area (Å²) < 4.78 is 0. The monoisotopic (exact) mass is 431 g/mol. The molecule has 0 radical (unpaired) electrons. The Hall–Kier alpha value is -1.66. The molecule has 1 atom stereocenters. The smallest absolute Gasteiger partial charge is 0.230 e. The predicted molar refractivity (Wildman–Crippen MR) is 116 cm³/mol. The summed E-state index contributed by atoms with van der Waals surface area (Å²) >= 11 is 9.08.